The van der Waals surface area contributed by atoms with E-state index in [-0.39, 0.29) is 17.8 Å². The summed E-state index contributed by atoms with van der Waals surface area (Å²) in [6.07, 6.45) is 4.79. The second kappa shape index (κ2) is 7.13. The standard InChI is InChI=1S/C18H22FN3O2/c1-12-15(11-21-22(12)17-8-3-2-7-16(17)19)18(24)20-10-13-5-4-6-14(23)9-13/h2-3,7-8,11,13-14,23H,4-6,9-10H2,1H3,(H,20,24). The third-order valence-corrected chi connectivity index (χ3v) is 4.64. The van der Waals surface area contributed by atoms with Crippen LogP contribution in [0.15, 0.2) is 30.5 Å². The zero-order chi connectivity index (χ0) is 17.1. The molecular weight excluding hydrogens is 309 g/mol. The van der Waals surface area contributed by atoms with E-state index in [1.54, 1.807) is 25.1 Å². The van der Waals surface area contributed by atoms with Gasteiger partial charge in [-0.25, -0.2) is 9.07 Å². The Morgan fingerprint density at radius 1 is 1.42 bits per heavy atom. The van der Waals surface area contributed by atoms with E-state index in [1.165, 1.54) is 16.9 Å². The summed E-state index contributed by atoms with van der Waals surface area (Å²) in [7, 11) is 0. The van der Waals surface area contributed by atoms with Crippen molar-refractivity contribution in [3.05, 3.63) is 47.5 Å². The third-order valence-electron chi connectivity index (χ3n) is 4.64. The van der Waals surface area contributed by atoms with Crippen molar-refractivity contribution in [2.45, 2.75) is 38.7 Å². The van der Waals surface area contributed by atoms with Gasteiger partial charge in [0, 0.05) is 6.54 Å². The van der Waals surface area contributed by atoms with Crippen LogP contribution in [0.5, 0.6) is 0 Å². The van der Waals surface area contributed by atoms with Crippen LogP contribution in [0.2, 0.25) is 0 Å². The lowest BCUT2D eigenvalue weighted by Gasteiger charge is -2.25. The molecule has 2 N–H and O–H groups in total. The number of aromatic nitrogens is 2. The fourth-order valence-corrected chi connectivity index (χ4v) is 3.28. The van der Waals surface area contributed by atoms with Gasteiger partial charge in [0.2, 0.25) is 0 Å². The van der Waals surface area contributed by atoms with E-state index in [0.29, 0.717) is 29.4 Å². The van der Waals surface area contributed by atoms with E-state index in [1.807, 2.05) is 0 Å². The number of aliphatic hydroxyl groups excluding tert-OH is 1. The number of nitrogens with zero attached hydrogens (tertiary/aromatic N) is 2. The summed E-state index contributed by atoms with van der Waals surface area (Å²) < 4.78 is 15.3. The quantitative estimate of drug-likeness (QED) is 0.905. The monoisotopic (exact) mass is 331 g/mol. The molecular formula is C18H22FN3O2. The van der Waals surface area contributed by atoms with Crippen LogP contribution in [0.4, 0.5) is 4.39 Å². The van der Waals surface area contributed by atoms with Gasteiger partial charge in [0.15, 0.2) is 0 Å². The Bertz CT molecular complexity index is 729. The molecule has 1 amide bonds. The summed E-state index contributed by atoms with van der Waals surface area (Å²) in [4.78, 5) is 12.4. The van der Waals surface area contributed by atoms with E-state index in [0.717, 1.165) is 25.7 Å². The molecule has 1 saturated carbocycles. The van der Waals surface area contributed by atoms with Crippen molar-refractivity contribution in [2.75, 3.05) is 6.54 Å². The maximum atomic E-state index is 13.9. The predicted molar refractivity (Wildman–Crippen MR) is 88.6 cm³/mol. The molecule has 2 unspecified atom stereocenters. The van der Waals surface area contributed by atoms with Crippen LogP contribution in [-0.2, 0) is 0 Å². The normalized spacial score (nSPS) is 20.8. The lowest BCUT2D eigenvalue weighted by molar-refractivity contribution is 0.0873. The summed E-state index contributed by atoms with van der Waals surface area (Å²) in [5.74, 6) is -0.290. The van der Waals surface area contributed by atoms with Crippen molar-refractivity contribution in [2.24, 2.45) is 5.92 Å². The number of benzene rings is 1. The Labute approximate surface area is 140 Å². The van der Waals surface area contributed by atoms with Gasteiger partial charge >= 0.3 is 0 Å². The van der Waals surface area contributed by atoms with Crippen molar-refractivity contribution in [3.63, 3.8) is 0 Å². The number of carbonyl (C=O) groups excluding carboxylic acids is 1. The van der Waals surface area contributed by atoms with Gasteiger partial charge in [-0.2, -0.15) is 5.10 Å². The van der Waals surface area contributed by atoms with E-state index in [2.05, 4.69) is 10.4 Å². The van der Waals surface area contributed by atoms with E-state index in [9.17, 15) is 14.3 Å². The zero-order valence-electron chi connectivity index (χ0n) is 13.7. The molecule has 0 spiro atoms. The second-order valence-corrected chi connectivity index (χ2v) is 6.40. The summed E-state index contributed by atoms with van der Waals surface area (Å²) in [6, 6.07) is 6.34. The van der Waals surface area contributed by atoms with Crippen molar-refractivity contribution in [3.8, 4) is 5.69 Å². The number of aliphatic hydroxyl groups is 1. The van der Waals surface area contributed by atoms with Crippen molar-refractivity contribution in [1.29, 1.82) is 0 Å². The number of rotatable bonds is 4. The average molecular weight is 331 g/mol. The third kappa shape index (κ3) is 3.48. The summed E-state index contributed by atoms with van der Waals surface area (Å²) in [5.41, 5.74) is 1.36. The number of carbonyl (C=O) groups is 1. The largest absolute Gasteiger partial charge is 0.393 e. The highest BCUT2D eigenvalue weighted by Crippen LogP contribution is 2.23. The Kier molecular flexibility index (Phi) is 4.94. The lowest BCUT2D eigenvalue weighted by Crippen LogP contribution is -2.33. The highest BCUT2D eigenvalue weighted by Gasteiger charge is 2.22. The second-order valence-electron chi connectivity index (χ2n) is 6.40. The van der Waals surface area contributed by atoms with E-state index >= 15 is 0 Å². The van der Waals surface area contributed by atoms with E-state index < -0.39 is 0 Å². The van der Waals surface area contributed by atoms with Crippen LogP contribution in [-0.4, -0.2) is 33.4 Å². The Morgan fingerprint density at radius 2 is 2.21 bits per heavy atom. The molecule has 2 aromatic rings. The molecule has 1 aromatic carbocycles. The first-order valence-corrected chi connectivity index (χ1v) is 8.32. The number of hydrogen-bond acceptors (Lipinski definition) is 3. The minimum atomic E-state index is -0.383. The Balaban J connectivity index is 1.69. The number of para-hydroxylation sites is 1. The maximum Gasteiger partial charge on any atom is 0.254 e. The molecule has 5 nitrogen and oxygen atoms in total. The maximum absolute atomic E-state index is 13.9. The number of hydrogen-bond donors (Lipinski definition) is 2. The van der Waals surface area contributed by atoms with Crippen LogP contribution in [0.3, 0.4) is 0 Å². The SMILES string of the molecule is Cc1c(C(=O)NCC2CCCC(O)C2)cnn1-c1ccccc1F. The van der Waals surface area contributed by atoms with Crippen LogP contribution in [0.25, 0.3) is 5.69 Å². The fourth-order valence-electron chi connectivity index (χ4n) is 3.28. The minimum Gasteiger partial charge on any atom is -0.393 e. The lowest BCUT2D eigenvalue weighted by atomic mass is 9.87. The fraction of sp³-hybridized carbons (Fsp3) is 0.444. The first kappa shape index (κ1) is 16.6. The van der Waals surface area contributed by atoms with Crippen molar-refractivity contribution < 1.29 is 14.3 Å². The van der Waals surface area contributed by atoms with Crippen LogP contribution >= 0.6 is 0 Å². The zero-order valence-corrected chi connectivity index (χ0v) is 13.7. The van der Waals surface area contributed by atoms with Crippen molar-refractivity contribution >= 4 is 5.91 Å². The van der Waals surface area contributed by atoms with Gasteiger partial charge in [0.1, 0.15) is 11.5 Å². The summed E-state index contributed by atoms with van der Waals surface area (Å²) in [6.45, 7) is 2.29. The van der Waals surface area contributed by atoms with Gasteiger partial charge in [0.05, 0.1) is 23.6 Å². The first-order valence-electron chi connectivity index (χ1n) is 8.32. The molecule has 2 atom stereocenters. The van der Waals surface area contributed by atoms with E-state index in [4.69, 9.17) is 0 Å². The summed E-state index contributed by atoms with van der Waals surface area (Å²) >= 11 is 0. The van der Waals surface area contributed by atoms with Gasteiger partial charge in [-0.3, -0.25) is 4.79 Å². The molecule has 1 aliphatic rings. The Morgan fingerprint density at radius 3 is 2.96 bits per heavy atom. The summed E-state index contributed by atoms with van der Waals surface area (Å²) in [5, 5.41) is 16.8. The molecule has 0 bridgehead atoms. The number of halogens is 1. The van der Waals surface area contributed by atoms with Crippen LogP contribution in [0.1, 0.15) is 41.7 Å². The highest BCUT2D eigenvalue weighted by molar-refractivity contribution is 5.95. The minimum absolute atomic E-state index is 0.213. The average Bonchev–Trinajstić information content (AvgIpc) is 2.95. The molecule has 128 valence electrons. The van der Waals surface area contributed by atoms with Crippen LogP contribution < -0.4 is 5.32 Å². The van der Waals surface area contributed by atoms with Gasteiger partial charge < -0.3 is 10.4 Å². The number of amides is 1. The molecule has 6 heteroatoms. The van der Waals surface area contributed by atoms with Gasteiger partial charge in [-0.05, 0) is 44.2 Å². The smallest absolute Gasteiger partial charge is 0.254 e. The molecule has 1 fully saturated rings. The number of nitrogens with one attached hydrogen (secondary N) is 1. The van der Waals surface area contributed by atoms with Gasteiger partial charge in [-0.1, -0.05) is 18.6 Å². The van der Waals surface area contributed by atoms with Crippen molar-refractivity contribution in [1.82, 2.24) is 15.1 Å². The molecule has 24 heavy (non-hydrogen) atoms. The topological polar surface area (TPSA) is 67.2 Å². The Hall–Kier alpha value is -2.21. The molecule has 0 radical (unpaired) electrons. The molecule has 0 aliphatic heterocycles. The van der Waals surface area contributed by atoms with Gasteiger partial charge in [-0.15, -0.1) is 0 Å². The molecule has 0 saturated heterocycles. The predicted octanol–water partition coefficient (Wildman–Crippen LogP) is 2.60. The molecule has 1 aromatic heterocycles. The molecule has 3 rings (SSSR count). The first-order chi connectivity index (χ1) is 11.6. The highest BCUT2D eigenvalue weighted by atomic mass is 19.1. The van der Waals surface area contributed by atoms with Gasteiger partial charge in [0.25, 0.3) is 5.91 Å². The molecule has 1 aliphatic carbocycles. The van der Waals surface area contributed by atoms with Crippen LogP contribution in [0, 0.1) is 18.7 Å². The molecule has 1 heterocycles.